The van der Waals surface area contributed by atoms with Crippen molar-refractivity contribution in [2.45, 2.75) is 19.9 Å². The topological polar surface area (TPSA) is 12.0 Å². The molecule has 100 valence electrons. The first-order valence-corrected chi connectivity index (χ1v) is 6.60. The first-order chi connectivity index (χ1) is 9.04. The minimum atomic E-state index is -0.285. The molecule has 2 rings (SSSR count). The summed E-state index contributed by atoms with van der Waals surface area (Å²) in [7, 11) is 1.81. The Bertz CT molecular complexity index is 575. The van der Waals surface area contributed by atoms with Gasteiger partial charge in [0, 0.05) is 10.6 Å². The summed E-state index contributed by atoms with van der Waals surface area (Å²) in [6, 6.07) is 10.7. The van der Waals surface area contributed by atoms with Gasteiger partial charge in [0.15, 0.2) is 0 Å². The monoisotopic (exact) mass is 277 g/mol. The van der Waals surface area contributed by atoms with Crippen molar-refractivity contribution in [1.29, 1.82) is 0 Å². The van der Waals surface area contributed by atoms with E-state index < -0.39 is 0 Å². The van der Waals surface area contributed by atoms with E-state index in [9.17, 15) is 4.39 Å². The van der Waals surface area contributed by atoms with E-state index in [1.165, 1.54) is 11.6 Å². The Labute approximate surface area is 118 Å². The van der Waals surface area contributed by atoms with E-state index in [2.05, 4.69) is 11.4 Å². The lowest BCUT2D eigenvalue weighted by Crippen LogP contribution is -2.20. The molecule has 0 fully saturated rings. The molecule has 0 heterocycles. The Balaban J connectivity index is 2.56. The quantitative estimate of drug-likeness (QED) is 0.876. The molecule has 1 N–H and O–H groups in total. The van der Waals surface area contributed by atoms with Crippen LogP contribution in [0.4, 0.5) is 4.39 Å². The second-order valence-electron chi connectivity index (χ2n) is 4.72. The first kappa shape index (κ1) is 14.0. The standard InChI is InChI=1S/C16H17ClFN/c1-10-7-8-12(11(2)9-10)16(19-3)15-13(17)5-4-6-14(15)18/h4-9,16,19H,1-3H3. The number of nitrogens with one attached hydrogen (secondary N) is 1. The number of halogens is 2. The summed E-state index contributed by atoms with van der Waals surface area (Å²) in [5.74, 6) is -0.285. The molecule has 1 atom stereocenters. The molecule has 0 radical (unpaired) electrons. The molecule has 0 saturated carbocycles. The highest BCUT2D eigenvalue weighted by atomic mass is 35.5. The zero-order chi connectivity index (χ0) is 14.0. The zero-order valence-electron chi connectivity index (χ0n) is 11.3. The molecule has 2 aromatic carbocycles. The summed E-state index contributed by atoms with van der Waals surface area (Å²) in [4.78, 5) is 0. The normalized spacial score (nSPS) is 12.5. The second kappa shape index (κ2) is 5.72. The van der Waals surface area contributed by atoms with E-state index in [1.807, 2.05) is 33.0 Å². The summed E-state index contributed by atoms with van der Waals surface area (Å²) >= 11 is 6.16. The third kappa shape index (κ3) is 2.80. The molecule has 0 aliphatic carbocycles. The van der Waals surface area contributed by atoms with Gasteiger partial charge in [-0.3, -0.25) is 0 Å². The van der Waals surface area contributed by atoms with Gasteiger partial charge in [-0.25, -0.2) is 4.39 Å². The van der Waals surface area contributed by atoms with Gasteiger partial charge in [0.25, 0.3) is 0 Å². The highest BCUT2D eigenvalue weighted by Gasteiger charge is 2.20. The molecular weight excluding hydrogens is 261 g/mol. The van der Waals surface area contributed by atoms with Gasteiger partial charge >= 0.3 is 0 Å². The molecular formula is C16H17ClFN. The molecule has 0 aromatic heterocycles. The van der Waals surface area contributed by atoms with Crippen molar-refractivity contribution in [3.63, 3.8) is 0 Å². The lowest BCUT2D eigenvalue weighted by molar-refractivity contribution is 0.575. The third-order valence-electron chi connectivity index (χ3n) is 3.31. The number of benzene rings is 2. The summed E-state index contributed by atoms with van der Waals surface area (Å²) in [6.07, 6.45) is 0. The average molecular weight is 278 g/mol. The molecule has 3 heteroatoms. The Hall–Kier alpha value is -1.38. The highest BCUT2D eigenvalue weighted by Crippen LogP contribution is 2.32. The Morgan fingerprint density at radius 2 is 1.89 bits per heavy atom. The van der Waals surface area contributed by atoms with Gasteiger partial charge in [0.05, 0.1) is 6.04 Å². The fourth-order valence-electron chi connectivity index (χ4n) is 2.39. The minimum Gasteiger partial charge on any atom is -0.309 e. The highest BCUT2D eigenvalue weighted by molar-refractivity contribution is 6.31. The maximum Gasteiger partial charge on any atom is 0.129 e. The van der Waals surface area contributed by atoms with Crippen molar-refractivity contribution >= 4 is 11.6 Å². The lowest BCUT2D eigenvalue weighted by Gasteiger charge is -2.21. The molecule has 0 bridgehead atoms. The van der Waals surface area contributed by atoms with Gasteiger partial charge in [-0.2, -0.15) is 0 Å². The van der Waals surface area contributed by atoms with Crippen molar-refractivity contribution in [3.05, 3.63) is 69.5 Å². The molecule has 0 amide bonds. The molecule has 19 heavy (non-hydrogen) atoms. The zero-order valence-corrected chi connectivity index (χ0v) is 12.1. The molecule has 0 aliphatic heterocycles. The lowest BCUT2D eigenvalue weighted by atomic mass is 9.93. The molecule has 1 nitrogen and oxygen atoms in total. The Morgan fingerprint density at radius 1 is 1.16 bits per heavy atom. The van der Waals surface area contributed by atoms with Gasteiger partial charge in [0.2, 0.25) is 0 Å². The number of aryl methyl sites for hydroxylation is 2. The number of hydrogen-bond acceptors (Lipinski definition) is 1. The van der Waals surface area contributed by atoms with E-state index in [-0.39, 0.29) is 11.9 Å². The van der Waals surface area contributed by atoms with Crippen molar-refractivity contribution in [1.82, 2.24) is 5.32 Å². The predicted octanol–water partition coefficient (Wildman–Crippen LogP) is 4.40. The van der Waals surface area contributed by atoms with Crippen molar-refractivity contribution in [2.24, 2.45) is 0 Å². The minimum absolute atomic E-state index is 0.241. The largest absolute Gasteiger partial charge is 0.309 e. The van der Waals surface area contributed by atoms with Crippen molar-refractivity contribution in [3.8, 4) is 0 Å². The first-order valence-electron chi connectivity index (χ1n) is 6.23. The van der Waals surface area contributed by atoms with Gasteiger partial charge in [0.1, 0.15) is 5.82 Å². The van der Waals surface area contributed by atoms with Crippen LogP contribution >= 0.6 is 11.6 Å². The van der Waals surface area contributed by atoms with Crippen molar-refractivity contribution < 1.29 is 4.39 Å². The molecule has 2 aromatic rings. The van der Waals surface area contributed by atoms with Gasteiger partial charge in [-0.1, -0.05) is 41.4 Å². The predicted molar refractivity (Wildman–Crippen MR) is 78.2 cm³/mol. The fourth-order valence-corrected chi connectivity index (χ4v) is 2.66. The van der Waals surface area contributed by atoms with Crippen LogP contribution in [0.25, 0.3) is 0 Å². The maximum absolute atomic E-state index is 14.1. The average Bonchev–Trinajstić information content (AvgIpc) is 2.35. The molecule has 1 unspecified atom stereocenters. The number of rotatable bonds is 3. The van der Waals surface area contributed by atoms with E-state index in [0.29, 0.717) is 10.6 Å². The smallest absolute Gasteiger partial charge is 0.129 e. The van der Waals surface area contributed by atoms with E-state index in [4.69, 9.17) is 11.6 Å². The van der Waals surface area contributed by atoms with Crippen LogP contribution < -0.4 is 5.32 Å². The van der Waals surface area contributed by atoms with Crippen LogP contribution in [0.5, 0.6) is 0 Å². The van der Waals surface area contributed by atoms with E-state index in [1.54, 1.807) is 12.1 Å². The van der Waals surface area contributed by atoms with Crippen LogP contribution in [-0.2, 0) is 0 Å². The van der Waals surface area contributed by atoms with Crippen LogP contribution in [0.1, 0.15) is 28.3 Å². The fraction of sp³-hybridized carbons (Fsp3) is 0.250. The van der Waals surface area contributed by atoms with Gasteiger partial charge in [-0.05, 0) is 44.2 Å². The van der Waals surface area contributed by atoms with Crippen LogP contribution in [0, 0.1) is 19.7 Å². The van der Waals surface area contributed by atoms with E-state index >= 15 is 0 Å². The Morgan fingerprint density at radius 3 is 2.47 bits per heavy atom. The summed E-state index contributed by atoms with van der Waals surface area (Å²) in [5, 5.41) is 3.60. The summed E-state index contributed by atoms with van der Waals surface area (Å²) in [5.41, 5.74) is 3.85. The maximum atomic E-state index is 14.1. The van der Waals surface area contributed by atoms with Crippen LogP contribution in [0.3, 0.4) is 0 Å². The second-order valence-corrected chi connectivity index (χ2v) is 5.12. The summed E-state index contributed by atoms with van der Waals surface area (Å²) < 4.78 is 14.1. The van der Waals surface area contributed by atoms with Crippen LogP contribution in [-0.4, -0.2) is 7.05 Å². The van der Waals surface area contributed by atoms with Gasteiger partial charge < -0.3 is 5.32 Å². The third-order valence-corrected chi connectivity index (χ3v) is 3.64. The van der Waals surface area contributed by atoms with Crippen LogP contribution in [0.15, 0.2) is 36.4 Å². The molecule has 0 aliphatic rings. The van der Waals surface area contributed by atoms with Gasteiger partial charge in [-0.15, -0.1) is 0 Å². The Kier molecular flexibility index (Phi) is 4.23. The number of hydrogen-bond donors (Lipinski definition) is 1. The van der Waals surface area contributed by atoms with E-state index in [0.717, 1.165) is 11.1 Å². The molecule has 0 spiro atoms. The summed E-state index contributed by atoms with van der Waals surface area (Å²) in [6.45, 7) is 4.07. The molecule has 0 saturated heterocycles. The van der Waals surface area contributed by atoms with Crippen LogP contribution in [0.2, 0.25) is 5.02 Å². The SMILES string of the molecule is CNC(c1ccc(C)cc1C)c1c(F)cccc1Cl. The van der Waals surface area contributed by atoms with Crippen molar-refractivity contribution in [2.75, 3.05) is 7.05 Å².